The molecule has 50 unspecified atom stereocenters. The number of hydrogen-bond donors (Lipinski definition) is 28. The fraction of sp³-hybridized carbons (Fsp3) is 0.969. The Morgan fingerprint density at radius 1 is 0.291 bits per heavy atom. The highest BCUT2D eigenvalue weighted by molar-refractivity contribution is 5.74. The zero-order valence-electron chi connectivity index (χ0n) is 63.1. The van der Waals surface area contributed by atoms with E-state index < -0.39 is 351 Å². The Balaban J connectivity index is 0.000000267. The summed E-state index contributed by atoms with van der Waals surface area (Å²) in [4.78, 5) is 25.6. The Morgan fingerprint density at radius 2 is 0.530 bits per heavy atom. The van der Waals surface area contributed by atoms with Gasteiger partial charge < -0.3 is 239 Å². The number of nitrogens with two attached hydrogens (primary N) is 2. The second-order valence-corrected chi connectivity index (χ2v) is 29.9. The lowest BCUT2D eigenvalue weighted by molar-refractivity contribution is -0.406. The van der Waals surface area contributed by atoms with Gasteiger partial charge in [-0.2, -0.15) is 0 Å². The van der Waals surface area contributed by atoms with Crippen molar-refractivity contribution in [1.29, 1.82) is 0 Å². The SMILES string of the molecule is CC1OC(OC2C(C(=O)O)OC(OC3C(OC4C(OCC(F)(F)CN)OC(C)C(O)C4O)OC(C)C(O)C3O)C(O)C2OC2OC(CO)C(O)C(O)C2O)C(O)C(O)C1O.CC1OC(OC2C(C(=O)O)OC(OC3C(OC4C(OCCN)OC(C)C(O)C4O)OC(C)C(O)C3O)C(O)C2OC2OC(CO)C(O)C(O)C2O)C(O)C(O)C1O. The zero-order chi connectivity index (χ0) is 86.9. The average Bonchev–Trinajstić information content (AvgIpc) is 0.763. The monoisotopic (exact) mass is 1720 g/mol. The number of aliphatic hydroxyl groups is 24. The number of aliphatic carboxylic acids is 2. The number of rotatable bonds is 27. The number of ether oxygens (including phenoxy) is 20. The molecule has 30 N–H and O–H groups in total. The minimum atomic E-state index is -3.59. The fourth-order valence-corrected chi connectivity index (χ4v) is 14.3. The number of halogens is 2. The third-order valence-corrected chi connectivity index (χ3v) is 21.5. The van der Waals surface area contributed by atoms with Crippen molar-refractivity contribution >= 4 is 11.9 Å². The fourth-order valence-electron chi connectivity index (χ4n) is 14.3. The van der Waals surface area contributed by atoms with E-state index in [1.165, 1.54) is 41.5 Å². The van der Waals surface area contributed by atoms with E-state index in [-0.39, 0.29) is 13.2 Å². The number of carboxylic acid groups (broad SMARTS) is 2. The van der Waals surface area contributed by atoms with E-state index in [9.17, 15) is 151 Å². The normalized spacial score (nSPS) is 51.5. The van der Waals surface area contributed by atoms with Crippen LogP contribution in [0.4, 0.5) is 8.78 Å². The topological polar surface area (TPSA) is 797 Å². The molecule has 50 nitrogen and oxygen atoms in total. The first-order chi connectivity index (χ1) is 54.8. The zero-order valence-corrected chi connectivity index (χ0v) is 63.1. The first kappa shape index (κ1) is 97.8. The van der Waals surface area contributed by atoms with Crippen LogP contribution < -0.4 is 11.5 Å². The van der Waals surface area contributed by atoms with Gasteiger partial charge in [-0.3, -0.25) is 0 Å². The van der Waals surface area contributed by atoms with Gasteiger partial charge in [-0.15, -0.1) is 0 Å². The van der Waals surface area contributed by atoms with E-state index >= 15 is 0 Å². The van der Waals surface area contributed by atoms with Crippen molar-refractivity contribution in [1.82, 2.24) is 0 Å². The minimum absolute atomic E-state index is 0.0132. The number of carboxylic acids is 2. The second kappa shape index (κ2) is 41.4. The molecule has 117 heavy (non-hydrogen) atoms. The molecule has 682 valence electrons. The third kappa shape index (κ3) is 21.6. The Morgan fingerprint density at radius 3 is 0.829 bits per heavy atom. The van der Waals surface area contributed by atoms with E-state index in [2.05, 4.69) is 0 Å². The Hall–Kier alpha value is -3.04. The molecular formula is C65H110F2N2O48. The highest BCUT2D eigenvalue weighted by Gasteiger charge is 2.62. The Bertz CT molecular complexity index is 3070. The molecule has 10 fully saturated rings. The lowest BCUT2D eigenvalue weighted by Gasteiger charge is -2.50. The third-order valence-electron chi connectivity index (χ3n) is 21.5. The highest BCUT2D eigenvalue weighted by atomic mass is 19.3. The maximum absolute atomic E-state index is 14.1. The van der Waals surface area contributed by atoms with Crippen molar-refractivity contribution in [3.05, 3.63) is 0 Å². The van der Waals surface area contributed by atoms with Crippen LogP contribution in [0.1, 0.15) is 41.5 Å². The van der Waals surface area contributed by atoms with Crippen LogP contribution in [0.5, 0.6) is 0 Å². The molecule has 0 saturated carbocycles. The first-order valence-corrected chi connectivity index (χ1v) is 37.3. The maximum atomic E-state index is 14.1. The lowest BCUT2D eigenvalue weighted by Crippen LogP contribution is -2.69. The number of hydrogen-bond acceptors (Lipinski definition) is 48. The van der Waals surface area contributed by atoms with Gasteiger partial charge >= 0.3 is 11.9 Å². The number of aliphatic hydroxyl groups excluding tert-OH is 24. The van der Waals surface area contributed by atoms with E-state index in [1.807, 2.05) is 0 Å². The van der Waals surface area contributed by atoms with Crippen molar-refractivity contribution in [2.45, 2.75) is 355 Å². The summed E-state index contributed by atoms with van der Waals surface area (Å²) >= 11 is 0. The van der Waals surface area contributed by atoms with Crippen molar-refractivity contribution in [3.63, 3.8) is 0 Å². The van der Waals surface area contributed by atoms with Gasteiger partial charge in [0.15, 0.2) is 75.1 Å². The molecule has 10 aliphatic rings. The van der Waals surface area contributed by atoms with Gasteiger partial charge in [0.1, 0.15) is 202 Å². The van der Waals surface area contributed by atoms with Crippen LogP contribution in [-0.2, 0) is 104 Å². The van der Waals surface area contributed by atoms with E-state index in [0.717, 1.165) is 0 Å². The summed E-state index contributed by atoms with van der Waals surface area (Å²) in [6, 6.07) is 0. The summed E-state index contributed by atoms with van der Waals surface area (Å²) in [5.74, 6) is -7.33. The summed E-state index contributed by atoms with van der Waals surface area (Å²) in [5, 5.41) is 276. The van der Waals surface area contributed by atoms with Crippen molar-refractivity contribution < 1.29 is 246 Å². The molecule has 0 aromatic heterocycles. The summed E-state index contributed by atoms with van der Waals surface area (Å²) in [5.41, 5.74) is 10.6. The van der Waals surface area contributed by atoms with Crippen LogP contribution >= 0.6 is 0 Å². The second-order valence-electron chi connectivity index (χ2n) is 29.9. The van der Waals surface area contributed by atoms with E-state index in [1.54, 1.807) is 0 Å². The lowest BCUT2D eigenvalue weighted by atomic mass is 9.95. The molecule has 50 atom stereocenters. The van der Waals surface area contributed by atoms with Gasteiger partial charge in [0, 0.05) is 6.54 Å². The molecule has 0 aliphatic carbocycles. The minimum Gasteiger partial charge on any atom is -0.479 e. The van der Waals surface area contributed by atoms with Crippen LogP contribution in [0.2, 0.25) is 0 Å². The van der Waals surface area contributed by atoms with Gasteiger partial charge in [-0.1, -0.05) is 0 Å². The van der Waals surface area contributed by atoms with Gasteiger partial charge in [-0.25, -0.2) is 18.4 Å². The highest BCUT2D eigenvalue weighted by Crippen LogP contribution is 2.41. The maximum Gasteiger partial charge on any atom is 0.335 e. The summed E-state index contributed by atoms with van der Waals surface area (Å²) in [6.07, 6.45) is -93.4. The molecule has 0 aromatic rings. The van der Waals surface area contributed by atoms with Crippen molar-refractivity contribution in [2.24, 2.45) is 11.5 Å². The van der Waals surface area contributed by atoms with Crippen LogP contribution in [0.25, 0.3) is 0 Å². The van der Waals surface area contributed by atoms with Gasteiger partial charge in [-0.05, 0) is 41.5 Å². The quantitative estimate of drug-likeness (QED) is 0.0363. The molecule has 10 saturated heterocycles. The van der Waals surface area contributed by atoms with Gasteiger partial charge in [0.25, 0.3) is 5.92 Å². The largest absolute Gasteiger partial charge is 0.479 e. The van der Waals surface area contributed by atoms with Crippen molar-refractivity contribution in [2.75, 3.05) is 39.5 Å². The average molecular weight is 1730 g/mol. The smallest absolute Gasteiger partial charge is 0.335 e. The predicted octanol–water partition coefficient (Wildman–Crippen LogP) is -16.9. The molecule has 10 aliphatic heterocycles. The molecule has 10 heterocycles. The molecule has 0 spiro atoms. The molecule has 0 radical (unpaired) electrons. The van der Waals surface area contributed by atoms with E-state index in [4.69, 9.17) is 106 Å². The molecule has 0 bridgehead atoms. The van der Waals surface area contributed by atoms with E-state index in [0.29, 0.717) is 0 Å². The summed E-state index contributed by atoms with van der Waals surface area (Å²) in [7, 11) is 0. The first-order valence-electron chi connectivity index (χ1n) is 37.3. The Labute approximate surface area is 661 Å². The summed E-state index contributed by atoms with van der Waals surface area (Å²) < 4.78 is 141. The van der Waals surface area contributed by atoms with Crippen LogP contribution in [0, 0.1) is 0 Å². The molecule has 52 heteroatoms. The van der Waals surface area contributed by atoms with Crippen LogP contribution in [-0.4, -0.2) is 497 Å². The predicted molar refractivity (Wildman–Crippen MR) is 356 cm³/mol. The standard InChI is InChI=1S/C33H55F2NO24.C32H55NO24/c1-7-11(38)15(42)19(46)28(52-7)59-25-22(56-29-20(47)16(43)14(41)10(4-37)55-29)21(48)30(60-26(25)27(49)50)57-24-18(45)13(40)9(3)54-32(24)58-23-17(44)12(39)8(2)53-31(23)51-6-33(34,35)5-36;1-7-11(35)15(39)19(43)28(49-7)56-25-22(53-29-20(44)16(40)14(38)10(6-34)52-29)21(45)30(57-26(25)27(46)47)54-24-18(42)13(37)9(3)51-32(24)55-23-17(41)12(36)8(2)50-31(23)48-5-4-33/h7-26,28-32,37-48H,4-6,36H2,1-3H3,(H,49,50);7-26,28-32,34-45H,4-6,33H2,1-3H3,(H,46,47). The molecule has 10 rings (SSSR count). The molecular weight excluding hydrogens is 1610 g/mol. The Kier molecular flexibility index (Phi) is 34.6. The molecule has 0 amide bonds. The van der Waals surface area contributed by atoms with Gasteiger partial charge in [0.2, 0.25) is 0 Å². The number of alkyl halides is 2. The summed E-state index contributed by atoms with van der Waals surface area (Å²) in [6.45, 7) is 3.41. The van der Waals surface area contributed by atoms with Crippen LogP contribution in [0.15, 0.2) is 0 Å². The molecule has 0 aromatic carbocycles. The number of carbonyl (C=O) groups is 2. The van der Waals surface area contributed by atoms with Crippen molar-refractivity contribution in [3.8, 4) is 0 Å². The van der Waals surface area contributed by atoms with Crippen LogP contribution in [0.3, 0.4) is 0 Å². The van der Waals surface area contributed by atoms with Gasteiger partial charge in [0.05, 0.1) is 63.0 Å².